The van der Waals surface area contributed by atoms with Crippen LogP contribution in [-0.2, 0) is 16.3 Å². The van der Waals surface area contributed by atoms with Crippen molar-refractivity contribution in [3.63, 3.8) is 0 Å². The van der Waals surface area contributed by atoms with Crippen LogP contribution in [-0.4, -0.2) is 26.7 Å². The van der Waals surface area contributed by atoms with Crippen LogP contribution in [0, 0.1) is 19.8 Å². The van der Waals surface area contributed by atoms with Crippen LogP contribution in [0.3, 0.4) is 0 Å². The summed E-state index contributed by atoms with van der Waals surface area (Å²) < 4.78 is 23.8. The van der Waals surface area contributed by atoms with Crippen molar-refractivity contribution in [1.29, 1.82) is 0 Å². The van der Waals surface area contributed by atoms with Crippen molar-refractivity contribution in [2.75, 3.05) is 18.6 Å². The first-order valence-corrected chi connectivity index (χ1v) is 7.95. The molecule has 1 N–H and O–H groups in total. The average Bonchev–Trinajstić information content (AvgIpc) is 2.20. The zero-order valence-corrected chi connectivity index (χ0v) is 12.8. The number of anilines is 1. The molecule has 1 aromatic rings. The molecule has 0 radical (unpaired) electrons. The third-order valence-electron chi connectivity index (χ3n) is 2.94. The van der Waals surface area contributed by atoms with E-state index in [9.17, 15) is 8.42 Å². The van der Waals surface area contributed by atoms with E-state index in [1.807, 2.05) is 13.8 Å². The van der Waals surface area contributed by atoms with Gasteiger partial charge in [0.1, 0.15) is 10.7 Å². The van der Waals surface area contributed by atoms with Crippen LogP contribution < -0.4 is 5.32 Å². The van der Waals surface area contributed by atoms with Crippen molar-refractivity contribution in [3.8, 4) is 0 Å². The Morgan fingerprint density at radius 3 is 2.22 bits per heavy atom. The average molecular weight is 270 g/mol. The number of aromatic nitrogens is 1. The van der Waals surface area contributed by atoms with Gasteiger partial charge in [-0.3, -0.25) is 0 Å². The monoisotopic (exact) mass is 270 g/mol. The highest BCUT2D eigenvalue weighted by molar-refractivity contribution is 7.91. The lowest BCUT2D eigenvalue weighted by Crippen LogP contribution is -2.12. The topological polar surface area (TPSA) is 59.1 Å². The molecule has 0 amide bonds. The lowest BCUT2D eigenvalue weighted by molar-refractivity contribution is 0.599. The Morgan fingerprint density at radius 2 is 1.83 bits per heavy atom. The van der Waals surface area contributed by atoms with Gasteiger partial charge in [0.15, 0.2) is 9.84 Å². The van der Waals surface area contributed by atoms with Crippen LogP contribution in [0.15, 0.2) is 4.90 Å². The molecule has 0 aliphatic rings. The second-order valence-electron chi connectivity index (χ2n) is 5.10. The van der Waals surface area contributed by atoms with Crippen LogP contribution in [0.2, 0.25) is 0 Å². The number of hydrogen-bond donors (Lipinski definition) is 1. The summed E-state index contributed by atoms with van der Waals surface area (Å²) in [4.78, 5) is 4.71. The molecule has 0 saturated heterocycles. The maximum absolute atomic E-state index is 11.9. The summed E-state index contributed by atoms with van der Waals surface area (Å²) in [7, 11) is -1.58. The molecule has 5 heteroatoms. The predicted molar refractivity (Wildman–Crippen MR) is 74.9 cm³/mol. The summed E-state index contributed by atoms with van der Waals surface area (Å²) >= 11 is 0. The SMILES string of the molecule is CNc1nc(C)c(CC(C)C)c(C)c1S(C)(=O)=O. The van der Waals surface area contributed by atoms with E-state index < -0.39 is 9.84 Å². The first-order valence-electron chi connectivity index (χ1n) is 6.06. The largest absolute Gasteiger partial charge is 0.372 e. The Morgan fingerprint density at radius 1 is 1.28 bits per heavy atom. The summed E-state index contributed by atoms with van der Waals surface area (Å²) in [6.07, 6.45) is 2.07. The maximum atomic E-state index is 11.9. The van der Waals surface area contributed by atoms with Crippen molar-refractivity contribution >= 4 is 15.7 Å². The van der Waals surface area contributed by atoms with Crippen LogP contribution in [0.5, 0.6) is 0 Å². The molecule has 102 valence electrons. The number of pyridine rings is 1. The van der Waals surface area contributed by atoms with Gasteiger partial charge >= 0.3 is 0 Å². The number of rotatable bonds is 4. The molecule has 0 aromatic carbocycles. The van der Waals surface area contributed by atoms with Gasteiger partial charge in [0.2, 0.25) is 0 Å². The Hall–Kier alpha value is -1.10. The van der Waals surface area contributed by atoms with Gasteiger partial charge in [-0.25, -0.2) is 13.4 Å². The molecule has 1 aromatic heterocycles. The van der Waals surface area contributed by atoms with E-state index >= 15 is 0 Å². The molecule has 0 fully saturated rings. The van der Waals surface area contributed by atoms with Gasteiger partial charge < -0.3 is 5.32 Å². The van der Waals surface area contributed by atoms with E-state index in [1.165, 1.54) is 6.26 Å². The standard InChI is InChI=1S/C13H22N2O2S/c1-8(2)7-11-9(3)12(18(6,16)17)13(14-5)15-10(11)4/h8H,7H2,1-6H3,(H,14,15). The highest BCUT2D eigenvalue weighted by Crippen LogP contribution is 2.29. The molecule has 0 saturated carbocycles. The van der Waals surface area contributed by atoms with E-state index in [2.05, 4.69) is 24.1 Å². The summed E-state index contributed by atoms with van der Waals surface area (Å²) in [6.45, 7) is 8.02. The van der Waals surface area contributed by atoms with Crippen molar-refractivity contribution in [2.24, 2.45) is 5.92 Å². The summed E-state index contributed by atoms with van der Waals surface area (Å²) in [6, 6.07) is 0. The lowest BCUT2D eigenvalue weighted by atomic mass is 9.97. The van der Waals surface area contributed by atoms with Crippen molar-refractivity contribution in [3.05, 3.63) is 16.8 Å². The van der Waals surface area contributed by atoms with Crippen molar-refractivity contribution in [2.45, 2.75) is 39.0 Å². The molecule has 0 atom stereocenters. The number of nitrogens with one attached hydrogen (secondary N) is 1. The Kier molecular flexibility index (Phi) is 4.37. The van der Waals surface area contributed by atoms with Gasteiger partial charge in [-0.15, -0.1) is 0 Å². The number of nitrogens with zero attached hydrogens (tertiary/aromatic N) is 1. The molecule has 4 nitrogen and oxygen atoms in total. The highest BCUT2D eigenvalue weighted by Gasteiger charge is 2.21. The molecular formula is C13H22N2O2S. The van der Waals surface area contributed by atoms with Gasteiger partial charge in [0.25, 0.3) is 0 Å². The van der Waals surface area contributed by atoms with E-state index in [-0.39, 0.29) is 0 Å². The molecule has 1 heterocycles. The first kappa shape index (κ1) is 15.0. The molecular weight excluding hydrogens is 248 g/mol. The third-order valence-corrected chi connectivity index (χ3v) is 4.19. The van der Waals surface area contributed by atoms with Gasteiger partial charge in [0, 0.05) is 19.0 Å². The minimum Gasteiger partial charge on any atom is -0.372 e. The second-order valence-corrected chi connectivity index (χ2v) is 7.05. The molecule has 1 rings (SSSR count). The van der Waals surface area contributed by atoms with E-state index in [0.717, 1.165) is 23.2 Å². The van der Waals surface area contributed by atoms with E-state index in [4.69, 9.17) is 0 Å². The fourth-order valence-corrected chi connectivity index (χ4v) is 3.38. The van der Waals surface area contributed by atoms with E-state index in [1.54, 1.807) is 7.05 Å². The molecule has 0 spiro atoms. The molecule has 0 bridgehead atoms. The lowest BCUT2D eigenvalue weighted by Gasteiger charge is -2.17. The smallest absolute Gasteiger partial charge is 0.179 e. The van der Waals surface area contributed by atoms with Gasteiger partial charge in [0.05, 0.1) is 0 Å². The molecule has 18 heavy (non-hydrogen) atoms. The summed E-state index contributed by atoms with van der Waals surface area (Å²) in [5, 5.41) is 2.87. The second kappa shape index (κ2) is 5.26. The molecule has 0 aliphatic carbocycles. The molecule has 0 unspecified atom stereocenters. The number of hydrogen-bond acceptors (Lipinski definition) is 4. The van der Waals surface area contributed by atoms with Crippen LogP contribution >= 0.6 is 0 Å². The van der Waals surface area contributed by atoms with Crippen LogP contribution in [0.25, 0.3) is 0 Å². The van der Waals surface area contributed by atoms with Gasteiger partial charge in [-0.1, -0.05) is 13.8 Å². The summed E-state index contributed by atoms with van der Waals surface area (Å²) in [5.74, 6) is 0.914. The maximum Gasteiger partial charge on any atom is 0.179 e. The first-order chi connectivity index (χ1) is 8.18. The zero-order chi connectivity index (χ0) is 14.1. The van der Waals surface area contributed by atoms with E-state index in [0.29, 0.717) is 16.6 Å². The fourth-order valence-electron chi connectivity index (χ4n) is 2.20. The number of sulfone groups is 1. The van der Waals surface area contributed by atoms with Gasteiger partial charge in [-0.05, 0) is 37.3 Å². The Bertz CT molecular complexity index is 549. The fraction of sp³-hybridized carbons (Fsp3) is 0.615. The zero-order valence-electron chi connectivity index (χ0n) is 12.0. The normalized spacial score (nSPS) is 11.9. The van der Waals surface area contributed by atoms with Crippen LogP contribution in [0.4, 0.5) is 5.82 Å². The predicted octanol–water partition coefficient (Wildman–Crippen LogP) is 2.34. The Balaban J connectivity index is 3.59. The van der Waals surface area contributed by atoms with Crippen LogP contribution in [0.1, 0.15) is 30.7 Å². The van der Waals surface area contributed by atoms with Crippen molar-refractivity contribution in [1.82, 2.24) is 4.98 Å². The quantitative estimate of drug-likeness (QED) is 0.912. The minimum absolute atomic E-state index is 0.325. The number of aryl methyl sites for hydroxylation is 1. The Labute approximate surface area is 110 Å². The summed E-state index contributed by atoms with van der Waals surface area (Å²) in [5.41, 5.74) is 2.77. The van der Waals surface area contributed by atoms with Crippen molar-refractivity contribution < 1.29 is 8.42 Å². The molecule has 0 aliphatic heterocycles. The minimum atomic E-state index is -3.28. The van der Waals surface area contributed by atoms with Gasteiger partial charge in [-0.2, -0.15) is 0 Å². The third kappa shape index (κ3) is 3.02. The highest BCUT2D eigenvalue weighted by atomic mass is 32.2.